The smallest absolute Gasteiger partial charge is 0.254 e. The molecule has 29 heavy (non-hydrogen) atoms. The highest BCUT2D eigenvalue weighted by molar-refractivity contribution is 14.1. The Morgan fingerprint density at radius 1 is 1.03 bits per heavy atom. The number of amidine groups is 1. The number of amides is 1. The number of nitrogens with one attached hydrogen (secondary N) is 1. The second kappa shape index (κ2) is 11.6. The fourth-order valence-corrected chi connectivity index (χ4v) is 2.96. The van der Waals surface area contributed by atoms with E-state index < -0.39 is 0 Å². The van der Waals surface area contributed by atoms with Crippen LogP contribution in [-0.4, -0.2) is 41.5 Å². The van der Waals surface area contributed by atoms with Crippen LogP contribution in [-0.2, 0) is 0 Å². The summed E-state index contributed by atoms with van der Waals surface area (Å²) < 4.78 is 12.2. The molecular formula is C22H28IN3O3. The Bertz CT molecular complexity index is 825. The van der Waals surface area contributed by atoms with Gasteiger partial charge in [0.25, 0.3) is 5.91 Å². The number of nitrogens with zero attached hydrogens (tertiary/aromatic N) is 1. The third kappa shape index (κ3) is 7.23. The van der Waals surface area contributed by atoms with Gasteiger partial charge in [0.2, 0.25) is 0 Å². The maximum absolute atomic E-state index is 12.3. The van der Waals surface area contributed by atoms with Crippen molar-refractivity contribution in [1.29, 1.82) is 5.41 Å². The van der Waals surface area contributed by atoms with Crippen molar-refractivity contribution in [2.24, 2.45) is 5.73 Å². The van der Waals surface area contributed by atoms with Crippen LogP contribution >= 0.6 is 22.6 Å². The molecule has 2 aromatic carbocycles. The van der Waals surface area contributed by atoms with E-state index in [1.807, 2.05) is 37.3 Å². The van der Waals surface area contributed by atoms with Gasteiger partial charge in [-0.3, -0.25) is 10.2 Å². The molecule has 2 aromatic rings. The van der Waals surface area contributed by atoms with Gasteiger partial charge in [0.05, 0.1) is 17.8 Å². The predicted molar refractivity (Wildman–Crippen MR) is 124 cm³/mol. The lowest BCUT2D eigenvalue weighted by molar-refractivity contribution is 0.0823. The van der Waals surface area contributed by atoms with E-state index >= 15 is 0 Å². The van der Waals surface area contributed by atoms with E-state index in [2.05, 4.69) is 22.6 Å². The minimum absolute atomic E-state index is 0.00210. The molecule has 0 aliphatic carbocycles. The van der Waals surface area contributed by atoms with Crippen LogP contribution in [0, 0.1) is 12.3 Å². The Morgan fingerprint density at radius 2 is 1.66 bits per heavy atom. The minimum Gasteiger partial charge on any atom is -0.494 e. The quantitative estimate of drug-likeness (QED) is 0.118. The molecule has 0 aliphatic heterocycles. The molecule has 0 atom stereocenters. The molecule has 0 spiro atoms. The Labute approximate surface area is 186 Å². The molecule has 3 N–H and O–H groups in total. The molecule has 156 valence electrons. The number of carbonyl (C=O) groups is 1. The van der Waals surface area contributed by atoms with Crippen LogP contribution in [0.15, 0.2) is 42.5 Å². The van der Waals surface area contributed by atoms with Crippen LogP contribution in [0.3, 0.4) is 0 Å². The number of rotatable bonds is 11. The fourth-order valence-electron chi connectivity index (χ4n) is 2.65. The highest BCUT2D eigenvalue weighted by Crippen LogP contribution is 2.21. The summed E-state index contributed by atoms with van der Waals surface area (Å²) in [5, 5.41) is 7.38. The summed E-state index contributed by atoms with van der Waals surface area (Å²) in [6, 6.07) is 12.8. The number of halogens is 1. The topological polar surface area (TPSA) is 88.6 Å². The Hall–Kier alpha value is -2.29. The standard InChI is InChI=1S/C22H28IN3O3/c1-16-6-7-18(22(27)26(2)15-23)14-20(16)29-13-5-3-4-12-28-19-10-8-17(9-11-19)21(24)25/h6-11,14H,3-5,12-13,15H2,1-2H3,(H3,24,25). The second-order valence-corrected chi connectivity index (χ2v) is 7.48. The second-order valence-electron chi connectivity index (χ2n) is 6.80. The van der Waals surface area contributed by atoms with Gasteiger partial charge >= 0.3 is 0 Å². The van der Waals surface area contributed by atoms with E-state index in [-0.39, 0.29) is 11.7 Å². The van der Waals surface area contributed by atoms with Crippen molar-refractivity contribution in [3.05, 3.63) is 59.2 Å². The maximum Gasteiger partial charge on any atom is 0.254 e. The van der Waals surface area contributed by atoms with Gasteiger partial charge < -0.3 is 20.1 Å². The highest BCUT2D eigenvalue weighted by Gasteiger charge is 2.12. The monoisotopic (exact) mass is 509 g/mol. The summed E-state index contributed by atoms with van der Waals surface area (Å²) in [5.74, 6) is 1.59. The summed E-state index contributed by atoms with van der Waals surface area (Å²) in [6.45, 7) is 3.22. The zero-order chi connectivity index (χ0) is 21.2. The van der Waals surface area contributed by atoms with Crippen molar-refractivity contribution in [1.82, 2.24) is 4.90 Å². The van der Waals surface area contributed by atoms with Gasteiger partial charge in [0.15, 0.2) is 0 Å². The van der Waals surface area contributed by atoms with Crippen LogP contribution in [0.2, 0.25) is 0 Å². The van der Waals surface area contributed by atoms with Gasteiger partial charge in [-0.15, -0.1) is 0 Å². The molecule has 0 bridgehead atoms. The van der Waals surface area contributed by atoms with Crippen molar-refractivity contribution in [3.63, 3.8) is 0 Å². The van der Waals surface area contributed by atoms with Crippen LogP contribution in [0.1, 0.15) is 40.7 Å². The number of carbonyl (C=O) groups excluding carboxylic acids is 1. The number of nitrogen functional groups attached to an aromatic ring is 1. The number of benzene rings is 2. The maximum atomic E-state index is 12.3. The van der Waals surface area contributed by atoms with Crippen molar-refractivity contribution >= 4 is 34.3 Å². The summed E-state index contributed by atoms with van der Waals surface area (Å²) in [6.07, 6.45) is 2.83. The van der Waals surface area contributed by atoms with Gasteiger partial charge in [-0.1, -0.05) is 28.7 Å². The van der Waals surface area contributed by atoms with Crippen LogP contribution in [0.5, 0.6) is 11.5 Å². The Morgan fingerprint density at radius 3 is 2.28 bits per heavy atom. The van der Waals surface area contributed by atoms with Gasteiger partial charge in [-0.2, -0.15) is 0 Å². The first kappa shape index (κ1) is 23.0. The SMILES string of the molecule is Cc1ccc(C(=O)N(C)CI)cc1OCCCCCOc1ccc(C(=N)N)cc1. The summed E-state index contributed by atoms with van der Waals surface area (Å²) in [4.78, 5) is 14.0. The molecule has 0 radical (unpaired) electrons. The summed E-state index contributed by atoms with van der Waals surface area (Å²) >= 11 is 2.17. The van der Waals surface area contributed by atoms with Crippen molar-refractivity contribution in [3.8, 4) is 11.5 Å². The predicted octanol–water partition coefficient (Wildman–Crippen LogP) is 4.37. The average molecular weight is 509 g/mol. The lowest BCUT2D eigenvalue weighted by atomic mass is 10.1. The summed E-state index contributed by atoms with van der Waals surface area (Å²) in [7, 11) is 1.79. The molecule has 2 rings (SSSR count). The molecule has 0 aliphatic rings. The minimum atomic E-state index is -0.00210. The van der Waals surface area contributed by atoms with E-state index in [9.17, 15) is 4.79 Å². The molecule has 7 heteroatoms. The van der Waals surface area contributed by atoms with Crippen LogP contribution in [0.25, 0.3) is 0 Å². The number of hydrogen-bond donors (Lipinski definition) is 2. The van der Waals surface area contributed by atoms with E-state index in [0.717, 1.165) is 36.3 Å². The van der Waals surface area contributed by atoms with E-state index in [1.54, 1.807) is 24.1 Å². The first-order valence-electron chi connectivity index (χ1n) is 9.54. The Balaban J connectivity index is 1.70. The number of nitrogens with two attached hydrogens (primary N) is 1. The molecule has 0 aromatic heterocycles. The van der Waals surface area contributed by atoms with E-state index in [0.29, 0.717) is 28.9 Å². The van der Waals surface area contributed by atoms with Gasteiger partial charge in [-0.05, 0) is 68.1 Å². The van der Waals surface area contributed by atoms with Gasteiger partial charge in [0.1, 0.15) is 17.3 Å². The molecule has 0 fully saturated rings. The first-order chi connectivity index (χ1) is 13.9. The van der Waals surface area contributed by atoms with Crippen molar-refractivity contribution in [2.45, 2.75) is 26.2 Å². The Kier molecular flexibility index (Phi) is 9.24. The molecule has 0 heterocycles. The van der Waals surface area contributed by atoms with Crippen LogP contribution in [0.4, 0.5) is 0 Å². The molecule has 0 unspecified atom stereocenters. The number of alkyl halides is 1. The zero-order valence-corrected chi connectivity index (χ0v) is 19.1. The van der Waals surface area contributed by atoms with Gasteiger partial charge in [-0.25, -0.2) is 0 Å². The normalized spacial score (nSPS) is 10.4. The molecule has 0 saturated carbocycles. The van der Waals surface area contributed by atoms with E-state index in [4.69, 9.17) is 20.6 Å². The van der Waals surface area contributed by atoms with Crippen molar-refractivity contribution in [2.75, 3.05) is 24.8 Å². The zero-order valence-electron chi connectivity index (χ0n) is 16.9. The van der Waals surface area contributed by atoms with Crippen LogP contribution < -0.4 is 15.2 Å². The first-order valence-corrected chi connectivity index (χ1v) is 11.1. The number of hydrogen-bond acceptors (Lipinski definition) is 4. The van der Waals surface area contributed by atoms with E-state index in [1.165, 1.54) is 0 Å². The molecule has 6 nitrogen and oxygen atoms in total. The third-order valence-corrected chi connectivity index (χ3v) is 5.46. The fraction of sp³-hybridized carbons (Fsp3) is 0.364. The number of unbranched alkanes of at least 4 members (excludes halogenated alkanes) is 2. The van der Waals surface area contributed by atoms with Crippen molar-refractivity contribution < 1.29 is 14.3 Å². The number of aryl methyl sites for hydroxylation is 1. The lowest BCUT2D eigenvalue weighted by Crippen LogP contribution is -2.24. The largest absolute Gasteiger partial charge is 0.494 e. The summed E-state index contributed by atoms with van der Waals surface area (Å²) in [5.41, 5.74) is 7.80. The molecular weight excluding hydrogens is 481 g/mol. The molecule has 0 saturated heterocycles. The van der Waals surface area contributed by atoms with Gasteiger partial charge in [0, 0.05) is 18.2 Å². The lowest BCUT2D eigenvalue weighted by Gasteiger charge is -2.15. The average Bonchev–Trinajstić information content (AvgIpc) is 2.73. The third-order valence-electron chi connectivity index (χ3n) is 4.44. The highest BCUT2D eigenvalue weighted by atomic mass is 127. The molecule has 1 amide bonds. The number of ether oxygens (including phenoxy) is 2.